The van der Waals surface area contributed by atoms with E-state index in [-0.39, 0.29) is 22.4 Å². The van der Waals surface area contributed by atoms with Crippen LogP contribution in [0.1, 0.15) is 22.8 Å². The van der Waals surface area contributed by atoms with E-state index in [1.807, 2.05) is 0 Å². The summed E-state index contributed by atoms with van der Waals surface area (Å²) in [5, 5.41) is 0. The van der Waals surface area contributed by atoms with Crippen LogP contribution in [0.2, 0.25) is 0 Å². The Hall–Kier alpha value is -1.17. The lowest BCUT2D eigenvalue weighted by atomic mass is 10.1. The first kappa shape index (κ1) is 13.9. The van der Waals surface area contributed by atoms with E-state index in [0.29, 0.717) is 5.56 Å². The van der Waals surface area contributed by atoms with Crippen LogP contribution in [0.15, 0.2) is 16.6 Å². The Morgan fingerprint density at radius 3 is 2.65 bits per heavy atom. The van der Waals surface area contributed by atoms with Crippen molar-refractivity contribution in [3.63, 3.8) is 0 Å². The molecule has 94 valence electrons. The van der Waals surface area contributed by atoms with Gasteiger partial charge < -0.3 is 9.47 Å². The van der Waals surface area contributed by atoms with E-state index in [9.17, 15) is 13.6 Å². The molecular formula is C11H11BrF2O3. The van der Waals surface area contributed by atoms with Gasteiger partial charge in [0, 0.05) is 0 Å². The maximum absolute atomic E-state index is 12.3. The molecule has 0 aliphatic rings. The number of benzene rings is 1. The number of carbonyl (C=O) groups is 1. The number of hydrogen-bond donors (Lipinski definition) is 0. The number of aryl methyl sites for hydroxylation is 1. The Morgan fingerprint density at radius 1 is 1.47 bits per heavy atom. The van der Waals surface area contributed by atoms with Crippen LogP contribution in [0.4, 0.5) is 8.78 Å². The Kier molecular flexibility index (Phi) is 4.86. The third-order valence-corrected chi connectivity index (χ3v) is 2.63. The molecule has 1 aromatic carbocycles. The molecule has 0 aliphatic heterocycles. The van der Waals surface area contributed by atoms with Crippen molar-refractivity contribution >= 4 is 21.9 Å². The minimum atomic E-state index is -3.00. The fourth-order valence-electron chi connectivity index (χ4n) is 1.32. The average Bonchev–Trinajstić information content (AvgIpc) is 2.23. The summed E-state index contributed by atoms with van der Waals surface area (Å²) in [4.78, 5) is 11.7. The third kappa shape index (κ3) is 3.39. The van der Waals surface area contributed by atoms with Crippen molar-refractivity contribution in [2.75, 3.05) is 6.61 Å². The van der Waals surface area contributed by atoms with Crippen LogP contribution in [0.25, 0.3) is 0 Å². The highest BCUT2D eigenvalue weighted by molar-refractivity contribution is 9.10. The molecule has 3 nitrogen and oxygen atoms in total. The van der Waals surface area contributed by atoms with Gasteiger partial charge in [0.1, 0.15) is 5.56 Å². The lowest BCUT2D eigenvalue weighted by molar-refractivity contribution is -0.0509. The van der Waals surface area contributed by atoms with Gasteiger partial charge in [0.05, 0.1) is 11.1 Å². The average molecular weight is 309 g/mol. The number of ether oxygens (including phenoxy) is 2. The first-order chi connectivity index (χ1) is 7.97. The minimum Gasteiger partial charge on any atom is -0.462 e. The van der Waals surface area contributed by atoms with E-state index in [2.05, 4.69) is 20.7 Å². The third-order valence-electron chi connectivity index (χ3n) is 2.00. The van der Waals surface area contributed by atoms with E-state index in [1.54, 1.807) is 19.9 Å². The van der Waals surface area contributed by atoms with E-state index in [0.717, 1.165) is 0 Å². The van der Waals surface area contributed by atoms with Gasteiger partial charge in [0.2, 0.25) is 0 Å². The highest BCUT2D eigenvalue weighted by Gasteiger charge is 2.21. The quantitative estimate of drug-likeness (QED) is 0.798. The maximum Gasteiger partial charge on any atom is 0.387 e. The van der Waals surface area contributed by atoms with Gasteiger partial charge in [-0.15, -0.1) is 0 Å². The lowest BCUT2D eigenvalue weighted by Gasteiger charge is -2.13. The molecule has 1 aromatic rings. The molecule has 0 fully saturated rings. The summed E-state index contributed by atoms with van der Waals surface area (Å²) in [5.74, 6) is -0.875. The zero-order valence-electron chi connectivity index (χ0n) is 9.30. The second-order valence-electron chi connectivity index (χ2n) is 3.17. The predicted molar refractivity (Wildman–Crippen MR) is 61.5 cm³/mol. The summed E-state index contributed by atoms with van der Waals surface area (Å²) in [6, 6.07) is 3.16. The molecule has 0 radical (unpaired) electrons. The number of esters is 1. The monoisotopic (exact) mass is 308 g/mol. The zero-order chi connectivity index (χ0) is 13.0. The second-order valence-corrected chi connectivity index (χ2v) is 4.02. The molecule has 0 unspecified atom stereocenters. The van der Waals surface area contributed by atoms with E-state index < -0.39 is 12.6 Å². The number of hydrogen-bond acceptors (Lipinski definition) is 3. The first-order valence-corrected chi connectivity index (χ1v) is 5.67. The summed E-state index contributed by atoms with van der Waals surface area (Å²) < 4.78 is 34.0. The second kappa shape index (κ2) is 5.95. The molecule has 0 heterocycles. The van der Waals surface area contributed by atoms with Crippen molar-refractivity contribution < 1.29 is 23.0 Å². The zero-order valence-corrected chi connectivity index (χ0v) is 10.9. The van der Waals surface area contributed by atoms with Crippen LogP contribution in [-0.4, -0.2) is 19.2 Å². The number of alkyl halides is 2. The van der Waals surface area contributed by atoms with Gasteiger partial charge in [-0.2, -0.15) is 8.78 Å². The van der Waals surface area contributed by atoms with E-state index >= 15 is 0 Å². The van der Waals surface area contributed by atoms with Gasteiger partial charge in [0.25, 0.3) is 0 Å². The SMILES string of the molecule is CCOC(=O)c1c(C)ccc(Br)c1OC(F)F. The molecule has 17 heavy (non-hydrogen) atoms. The molecule has 0 bridgehead atoms. The molecule has 0 saturated carbocycles. The van der Waals surface area contributed by atoms with Crippen LogP contribution >= 0.6 is 15.9 Å². The summed E-state index contributed by atoms with van der Waals surface area (Å²) >= 11 is 3.06. The first-order valence-electron chi connectivity index (χ1n) is 4.88. The molecule has 6 heteroatoms. The largest absolute Gasteiger partial charge is 0.462 e. The fraction of sp³-hybridized carbons (Fsp3) is 0.364. The number of rotatable bonds is 4. The van der Waals surface area contributed by atoms with Crippen molar-refractivity contribution in [2.24, 2.45) is 0 Å². The van der Waals surface area contributed by atoms with Crippen LogP contribution < -0.4 is 4.74 Å². The Balaban J connectivity index is 3.24. The molecule has 0 aliphatic carbocycles. The van der Waals surface area contributed by atoms with Crippen LogP contribution in [0.5, 0.6) is 5.75 Å². The molecule has 1 rings (SSSR count). The Bertz CT molecular complexity index is 421. The van der Waals surface area contributed by atoms with Crippen molar-refractivity contribution in [1.29, 1.82) is 0 Å². The normalized spacial score (nSPS) is 10.5. The lowest BCUT2D eigenvalue weighted by Crippen LogP contribution is -2.12. The van der Waals surface area contributed by atoms with Crippen molar-refractivity contribution in [1.82, 2.24) is 0 Å². The summed E-state index contributed by atoms with van der Waals surface area (Å²) in [6.45, 7) is 0.427. The number of carbonyl (C=O) groups excluding carboxylic acids is 1. The molecule has 0 atom stereocenters. The standard InChI is InChI=1S/C11H11BrF2O3/c1-3-16-10(15)8-6(2)4-5-7(12)9(8)17-11(13)14/h4-5,11H,3H2,1-2H3. The van der Waals surface area contributed by atoms with Gasteiger partial charge in [-0.1, -0.05) is 6.07 Å². The summed E-state index contributed by atoms with van der Waals surface area (Å²) in [6.07, 6.45) is 0. The molecule has 0 amide bonds. The highest BCUT2D eigenvalue weighted by Crippen LogP contribution is 2.33. The molecule has 0 aromatic heterocycles. The van der Waals surface area contributed by atoms with Crippen molar-refractivity contribution in [3.05, 3.63) is 27.7 Å². The smallest absolute Gasteiger partial charge is 0.387 e. The van der Waals surface area contributed by atoms with Gasteiger partial charge in [-0.25, -0.2) is 4.79 Å². The fourth-order valence-corrected chi connectivity index (χ4v) is 1.74. The topological polar surface area (TPSA) is 35.5 Å². The predicted octanol–water partition coefficient (Wildman–Crippen LogP) is 3.54. The maximum atomic E-state index is 12.3. The van der Waals surface area contributed by atoms with Gasteiger partial charge in [-0.3, -0.25) is 0 Å². The molecule has 0 N–H and O–H groups in total. The minimum absolute atomic E-state index is 0.0153. The molecular weight excluding hydrogens is 298 g/mol. The van der Waals surface area contributed by atoms with Crippen molar-refractivity contribution in [2.45, 2.75) is 20.5 Å². The Morgan fingerprint density at radius 2 is 2.12 bits per heavy atom. The highest BCUT2D eigenvalue weighted by atomic mass is 79.9. The van der Waals surface area contributed by atoms with Crippen LogP contribution in [0.3, 0.4) is 0 Å². The summed E-state index contributed by atoms with van der Waals surface area (Å²) in [5.41, 5.74) is 0.531. The van der Waals surface area contributed by atoms with E-state index in [1.165, 1.54) is 6.07 Å². The summed E-state index contributed by atoms with van der Waals surface area (Å²) in [7, 11) is 0. The van der Waals surface area contributed by atoms with Crippen molar-refractivity contribution in [3.8, 4) is 5.75 Å². The van der Waals surface area contributed by atoms with Gasteiger partial charge in [0.15, 0.2) is 5.75 Å². The van der Waals surface area contributed by atoms with Crippen LogP contribution in [-0.2, 0) is 4.74 Å². The van der Waals surface area contributed by atoms with Gasteiger partial charge >= 0.3 is 12.6 Å². The van der Waals surface area contributed by atoms with Gasteiger partial charge in [-0.05, 0) is 41.4 Å². The Labute approximate surface area is 106 Å². The number of halogens is 3. The molecule has 0 spiro atoms. The molecule has 0 saturated heterocycles. The van der Waals surface area contributed by atoms with Crippen LogP contribution in [0, 0.1) is 6.92 Å². The van der Waals surface area contributed by atoms with E-state index in [4.69, 9.17) is 4.74 Å².